The lowest BCUT2D eigenvalue weighted by Crippen LogP contribution is -2.20. The van der Waals surface area contributed by atoms with Crippen molar-refractivity contribution in [3.05, 3.63) is 58.3 Å². The van der Waals surface area contributed by atoms with Gasteiger partial charge in [-0.25, -0.2) is 4.39 Å². The summed E-state index contributed by atoms with van der Waals surface area (Å²) in [4.78, 5) is 23.5. The Morgan fingerprint density at radius 3 is 2.70 bits per heavy atom. The van der Waals surface area contributed by atoms with Crippen LogP contribution in [0.5, 0.6) is 5.75 Å². The summed E-state index contributed by atoms with van der Waals surface area (Å²) in [6.07, 6.45) is 1.50. The molecule has 0 unspecified atom stereocenters. The molecule has 1 amide bonds. The largest absolute Gasteiger partial charge is 0.494 e. The highest BCUT2D eigenvalue weighted by atomic mass is 19.1. The van der Waals surface area contributed by atoms with Gasteiger partial charge in [0, 0.05) is 30.9 Å². The van der Waals surface area contributed by atoms with Crippen LogP contribution < -0.4 is 15.6 Å². The van der Waals surface area contributed by atoms with Crippen LogP contribution >= 0.6 is 0 Å². The van der Waals surface area contributed by atoms with Crippen LogP contribution in [0.4, 0.5) is 10.1 Å². The second-order valence-corrected chi connectivity index (χ2v) is 4.16. The van der Waals surface area contributed by atoms with Gasteiger partial charge in [-0.1, -0.05) is 0 Å². The van der Waals surface area contributed by atoms with Crippen LogP contribution in [0.2, 0.25) is 0 Å². The summed E-state index contributed by atoms with van der Waals surface area (Å²) >= 11 is 0. The molecule has 20 heavy (non-hydrogen) atoms. The molecule has 1 heterocycles. The van der Waals surface area contributed by atoms with Crippen LogP contribution in [0, 0.1) is 5.82 Å². The summed E-state index contributed by atoms with van der Waals surface area (Å²) < 4.78 is 19.4. The van der Waals surface area contributed by atoms with E-state index in [1.54, 1.807) is 7.05 Å². The fourth-order valence-electron chi connectivity index (χ4n) is 1.65. The second-order valence-electron chi connectivity index (χ2n) is 4.16. The first kappa shape index (κ1) is 13.8. The molecule has 6 heteroatoms. The minimum absolute atomic E-state index is 0.210. The highest BCUT2D eigenvalue weighted by molar-refractivity contribution is 6.04. The van der Waals surface area contributed by atoms with Gasteiger partial charge in [0.2, 0.25) is 0 Å². The van der Waals surface area contributed by atoms with Gasteiger partial charge in [-0.3, -0.25) is 9.59 Å². The summed E-state index contributed by atoms with van der Waals surface area (Å²) in [6, 6.07) is 6.52. The Labute approximate surface area is 114 Å². The molecule has 0 aliphatic rings. The molecule has 2 rings (SSSR count). The number of ether oxygens (including phenoxy) is 1. The van der Waals surface area contributed by atoms with E-state index < -0.39 is 11.7 Å². The third-order valence-electron chi connectivity index (χ3n) is 2.78. The number of pyridine rings is 1. The zero-order valence-corrected chi connectivity index (χ0v) is 11.0. The molecule has 0 fully saturated rings. The first-order valence-electron chi connectivity index (χ1n) is 5.83. The molecule has 5 nitrogen and oxygen atoms in total. The number of anilines is 1. The number of amides is 1. The predicted octanol–water partition coefficient (Wildman–Crippen LogP) is 1.79. The van der Waals surface area contributed by atoms with E-state index in [2.05, 4.69) is 5.32 Å². The van der Waals surface area contributed by atoms with E-state index in [1.165, 1.54) is 48.2 Å². The van der Waals surface area contributed by atoms with Crippen molar-refractivity contribution >= 4 is 11.6 Å². The van der Waals surface area contributed by atoms with Crippen molar-refractivity contribution in [2.45, 2.75) is 0 Å². The van der Waals surface area contributed by atoms with Crippen LogP contribution in [0.1, 0.15) is 10.4 Å². The number of hydrogen-bond acceptors (Lipinski definition) is 3. The Bertz CT molecular complexity index is 710. The zero-order chi connectivity index (χ0) is 14.7. The highest BCUT2D eigenvalue weighted by Crippen LogP contribution is 2.25. The molecule has 1 N–H and O–H groups in total. The third-order valence-corrected chi connectivity index (χ3v) is 2.78. The van der Waals surface area contributed by atoms with Crippen molar-refractivity contribution in [2.24, 2.45) is 7.05 Å². The molecule has 0 aliphatic carbocycles. The van der Waals surface area contributed by atoms with Crippen LogP contribution in [0.25, 0.3) is 0 Å². The summed E-state index contributed by atoms with van der Waals surface area (Å²) in [5.74, 6) is -0.719. The van der Waals surface area contributed by atoms with Gasteiger partial charge in [-0.05, 0) is 18.2 Å². The van der Waals surface area contributed by atoms with Gasteiger partial charge in [0.15, 0.2) is 0 Å². The average Bonchev–Trinajstić information content (AvgIpc) is 2.43. The number of hydrogen-bond donors (Lipinski definition) is 1. The molecule has 0 saturated heterocycles. The minimum atomic E-state index is -0.465. The smallest absolute Gasteiger partial charge is 0.256 e. The first-order valence-corrected chi connectivity index (χ1v) is 5.83. The zero-order valence-electron chi connectivity index (χ0n) is 11.0. The molecule has 104 valence electrons. The number of carbonyl (C=O) groups is 1. The third kappa shape index (κ3) is 2.85. The van der Waals surface area contributed by atoms with Crippen molar-refractivity contribution in [3.63, 3.8) is 0 Å². The lowest BCUT2D eigenvalue weighted by Gasteiger charge is -2.10. The second kappa shape index (κ2) is 5.56. The van der Waals surface area contributed by atoms with E-state index in [4.69, 9.17) is 4.74 Å². The molecule has 0 radical (unpaired) electrons. The van der Waals surface area contributed by atoms with E-state index in [-0.39, 0.29) is 16.9 Å². The maximum atomic E-state index is 13.1. The Hall–Kier alpha value is -2.63. The van der Waals surface area contributed by atoms with Crippen LogP contribution in [0.3, 0.4) is 0 Å². The fourth-order valence-corrected chi connectivity index (χ4v) is 1.65. The molecule has 1 aromatic carbocycles. The number of methoxy groups -OCH3 is 1. The SMILES string of the molecule is COc1cc(F)ccc1NC(=O)c1ccn(C)c(=O)c1. The molecule has 0 aliphatic heterocycles. The van der Waals surface area contributed by atoms with E-state index in [1.807, 2.05) is 0 Å². The Balaban J connectivity index is 2.27. The number of nitrogens with zero attached hydrogens (tertiary/aromatic N) is 1. The number of aromatic nitrogens is 1. The van der Waals surface area contributed by atoms with Gasteiger partial charge in [-0.2, -0.15) is 0 Å². The summed E-state index contributed by atoms with van der Waals surface area (Å²) in [6.45, 7) is 0. The molecule has 1 aromatic heterocycles. The van der Waals surface area contributed by atoms with E-state index in [9.17, 15) is 14.0 Å². The molecular weight excluding hydrogens is 263 g/mol. The van der Waals surface area contributed by atoms with Gasteiger partial charge in [0.1, 0.15) is 11.6 Å². The predicted molar refractivity (Wildman–Crippen MR) is 72.6 cm³/mol. The van der Waals surface area contributed by atoms with Gasteiger partial charge in [0.25, 0.3) is 11.5 Å². The quantitative estimate of drug-likeness (QED) is 0.929. The monoisotopic (exact) mass is 276 g/mol. The number of nitrogens with one attached hydrogen (secondary N) is 1. The number of rotatable bonds is 3. The van der Waals surface area contributed by atoms with Crippen molar-refractivity contribution < 1.29 is 13.9 Å². The normalized spacial score (nSPS) is 10.2. The standard InChI is InChI=1S/C14H13FN2O3/c1-17-6-5-9(7-13(17)18)14(19)16-11-4-3-10(15)8-12(11)20-2/h3-8H,1-2H3,(H,16,19). The summed E-state index contributed by atoms with van der Waals surface area (Å²) in [5, 5.41) is 2.57. The lowest BCUT2D eigenvalue weighted by atomic mass is 10.2. The number of benzene rings is 1. The summed E-state index contributed by atoms with van der Waals surface area (Å²) in [5.41, 5.74) is 0.266. The Morgan fingerprint density at radius 1 is 1.30 bits per heavy atom. The fraction of sp³-hybridized carbons (Fsp3) is 0.143. The molecule has 0 saturated carbocycles. The maximum absolute atomic E-state index is 13.1. The first-order chi connectivity index (χ1) is 9.51. The molecular formula is C14H13FN2O3. The van der Waals surface area contributed by atoms with Crippen molar-refractivity contribution in [3.8, 4) is 5.75 Å². The van der Waals surface area contributed by atoms with Crippen molar-refractivity contribution in [1.82, 2.24) is 4.57 Å². The Morgan fingerprint density at radius 2 is 2.05 bits per heavy atom. The van der Waals surface area contributed by atoms with Gasteiger partial charge in [0.05, 0.1) is 12.8 Å². The highest BCUT2D eigenvalue weighted by Gasteiger charge is 2.11. The van der Waals surface area contributed by atoms with Gasteiger partial charge in [-0.15, -0.1) is 0 Å². The van der Waals surface area contributed by atoms with Gasteiger partial charge < -0.3 is 14.6 Å². The average molecular weight is 276 g/mol. The maximum Gasteiger partial charge on any atom is 0.256 e. The molecule has 0 spiro atoms. The lowest BCUT2D eigenvalue weighted by molar-refractivity contribution is 0.102. The molecule has 0 atom stereocenters. The number of aryl methyl sites for hydroxylation is 1. The van der Waals surface area contributed by atoms with Crippen molar-refractivity contribution in [2.75, 3.05) is 12.4 Å². The Kier molecular flexibility index (Phi) is 3.84. The number of carbonyl (C=O) groups excluding carboxylic acids is 1. The minimum Gasteiger partial charge on any atom is -0.494 e. The van der Waals surface area contributed by atoms with Crippen LogP contribution in [0.15, 0.2) is 41.3 Å². The number of halogens is 1. The van der Waals surface area contributed by atoms with Crippen molar-refractivity contribution in [1.29, 1.82) is 0 Å². The summed E-state index contributed by atoms with van der Waals surface area (Å²) in [7, 11) is 2.97. The van der Waals surface area contributed by atoms with Crippen LogP contribution in [-0.4, -0.2) is 17.6 Å². The topological polar surface area (TPSA) is 60.3 Å². The molecule has 0 bridgehead atoms. The van der Waals surface area contributed by atoms with E-state index in [0.29, 0.717) is 5.69 Å². The van der Waals surface area contributed by atoms with E-state index >= 15 is 0 Å². The van der Waals surface area contributed by atoms with E-state index in [0.717, 1.165) is 0 Å². The van der Waals surface area contributed by atoms with Gasteiger partial charge >= 0.3 is 0 Å². The van der Waals surface area contributed by atoms with Crippen LogP contribution in [-0.2, 0) is 7.05 Å². The molecule has 2 aromatic rings.